The molecule has 4 heteroatoms. The van der Waals surface area contributed by atoms with Crippen molar-refractivity contribution in [2.75, 3.05) is 26.3 Å². The fourth-order valence-electron chi connectivity index (χ4n) is 4.84. The van der Waals surface area contributed by atoms with Gasteiger partial charge in [0.2, 0.25) is 6.41 Å². The lowest BCUT2D eigenvalue weighted by atomic mass is 9.84. The van der Waals surface area contributed by atoms with Crippen LogP contribution < -0.4 is 4.74 Å². The van der Waals surface area contributed by atoms with Crippen LogP contribution in [-0.2, 0) is 11.2 Å². The van der Waals surface area contributed by atoms with Crippen LogP contribution in [0.25, 0.3) is 0 Å². The van der Waals surface area contributed by atoms with Crippen LogP contribution >= 0.6 is 0 Å². The predicted octanol–water partition coefficient (Wildman–Crippen LogP) is 12.6. The molecule has 2 rings (SSSR count). The quantitative estimate of drug-likeness (QED) is 0.103. The number of rotatable bonds is 17. The molecule has 0 aliphatic heterocycles. The summed E-state index contributed by atoms with van der Waals surface area (Å²) in [6.45, 7) is 28.7. The summed E-state index contributed by atoms with van der Waals surface area (Å²) in [5.74, 6) is 1.39. The number of hydrogen-bond acceptors (Lipinski definition) is 3. The first-order chi connectivity index (χ1) is 22.5. The predicted molar refractivity (Wildman–Crippen MR) is 210 cm³/mol. The molecule has 0 fully saturated rings. The van der Waals surface area contributed by atoms with Crippen LogP contribution in [0.2, 0.25) is 0 Å². The van der Waals surface area contributed by atoms with E-state index in [1.807, 2.05) is 13.8 Å². The van der Waals surface area contributed by atoms with Crippen molar-refractivity contribution in [3.05, 3.63) is 65.3 Å². The van der Waals surface area contributed by atoms with E-state index < -0.39 is 0 Å². The Kier molecular flexibility index (Phi) is 36.5. The molecule has 1 amide bonds. The van der Waals surface area contributed by atoms with Crippen molar-refractivity contribution in [1.82, 2.24) is 4.90 Å². The summed E-state index contributed by atoms with van der Waals surface area (Å²) in [6, 6.07) is 8.35. The molecule has 0 saturated carbocycles. The number of unbranched alkanes of at least 4 members (excludes halogenated alkanes) is 1. The van der Waals surface area contributed by atoms with Gasteiger partial charge in [-0.15, -0.1) is 0 Å². The Morgan fingerprint density at radius 1 is 0.957 bits per heavy atom. The first-order valence-electron chi connectivity index (χ1n) is 19.1. The van der Waals surface area contributed by atoms with Gasteiger partial charge in [-0.05, 0) is 93.2 Å². The number of amides is 1. The SMILES string of the molecule is CC.CC/C=C(/CC(C)CO)CC(C)(C)C.CCCC1=CC=CCC1.CCCCOc1ccc(CC)cc1.CCCN(C=O)CCC. The molecule has 1 N–H and O–H groups in total. The van der Waals surface area contributed by atoms with Crippen LogP contribution in [0.4, 0.5) is 0 Å². The van der Waals surface area contributed by atoms with Gasteiger partial charge in [0.25, 0.3) is 0 Å². The molecule has 1 aromatic carbocycles. The zero-order chi connectivity index (χ0) is 36.3. The van der Waals surface area contributed by atoms with Gasteiger partial charge in [0, 0.05) is 19.7 Å². The zero-order valence-electron chi connectivity index (χ0n) is 33.3. The van der Waals surface area contributed by atoms with Crippen molar-refractivity contribution in [3.63, 3.8) is 0 Å². The average Bonchev–Trinajstić information content (AvgIpc) is 3.07. The molecule has 274 valence electrons. The van der Waals surface area contributed by atoms with Gasteiger partial charge in [0.05, 0.1) is 6.61 Å². The Balaban J connectivity index is -0.000000548. The van der Waals surface area contributed by atoms with E-state index in [1.54, 1.807) is 10.5 Å². The van der Waals surface area contributed by atoms with Crippen LogP contribution in [0, 0.1) is 11.3 Å². The molecule has 4 nitrogen and oxygen atoms in total. The summed E-state index contributed by atoms with van der Waals surface area (Å²) in [7, 11) is 0. The zero-order valence-corrected chi connectivity index (χ0v) is 33.3. The van der Waals surface area contributed by atoms with Crippen LogP contribution in [-0.4, -0.2) is 42.7 Å². The Hall–Kier alpha value is -2.33. The topological polar surface area (TPSA) is 49.8 Å². The number of carbonyl (C=O) groups is 1. The monoisotopic (exact) mass is 658 g/mol. The lowest BCUT2D eigenvalue weighted by molar-refractivity contribution is -0.118. The van der Waals surface area contributed by atoms with E-state index in [9.17, 15) is 4.79 Å². The molecule has 1 aliphatic carbocycles. The van der Waals surface area contributed by atoms with Crippen LogP contribution in [0.15, 0.2) is 59.7 Å². The number of hydrogen-bond donors (Lipinski definition) is 1. The smallest absolute Gasteiger partial charge is 0.209 e. The summed E-state index contributed by atoms with van der Waals surface area (Å²) in [6.07, 6.45) is 23.9. The molecule has 1 atom stereocenters. The highest BCUT2D eigenvalue weighted by Crippen LogP contribution is 2.28. The Bertz CT molecular complexity index is 887. The van der Waals surface area contributed by atoms with Crippen molar-refractivity contribution >= 4 is 6.41 Å². The maximum atomic E-state index is 10.2. The van der Waals surface area contributed by atoms with Gasteiger partial charge in [-0.3, -0.25) is 4.79 Å². The summed E-state index contributed by atoms with van der Waals surface area (Å²) in [5, 5.41) is 9.02. The molecule has 1 aliphatic rings. The molecule has 0 heterocycles. The van der Waals surface area contributed by atoms with Gasteiger partial charge >= 0.3 is 0 Å². The number of allylic oxidation sites excluding steroid dienone is 6. The maximum Gasteiger partial charge on any atom is 0.209 e. The number of benzene rings is 1. The molecule has 0 radical (unpaired) electrons. The highest BCUT2D eigenvalue weighted by Gasteiger charge is 2.14. The molecule has 0 spiro atoms. The van der Waals surface area contributed by atoms with Gasteiger partial charge in [0.1, 0.15) is 5.75 Å². The normalized spacial score (nSPS) is 12.7. The highest BCUT2D eigenvalue weighted by molar-refractivity contribution is 5.46. The molecule has 0 bridgehead atoms. The maximum absolute atomic E-state index is 10.2. The Labute approximate surface area is 294 Å². The third-order valence-electron chi connectivity index (χ3n) is 7.11. The summed E-state index contributed by atoms with van der Waals surface area (Å²) < 4.78 is 5.55. The first-order valence-corrected chi connectivity index (χ1v) is 19.1. The van der Waals surface area contributed by atoms with Crippen molar-refractivity contribution in [3.8, 4) is 5.75 Å². The van der Waals surface area contributed by atoms with Crippen molar-refractivity contribution in [2.45, 2.75) is 160 Å². The molecular formula is C43H79NO3. The van der Waals surface area contributed by atoms with E-state index in [-0.39, 0.29) is 0 Å². The largest absolute Gasteiger partial charge is 0.494 e. The minimum Gasteiger partial charge on any atom is -0.494 e. The number of nitrogens with zero attached hydrogens (tertiary/aromatic N) is 1. The molecule has 0 aromatic heterocycles. The summed E-state index contributed by atoms with van der Waals surface area (Å²) >= 11 is 0. The van der Waals surface area contributed by atoms with E-state index in [1.165, 1.54) is 43.2 Å². The van der Waals surface area contributed by atoms with E-state index >= 15 is 0 Å². The minimum absolute atomic E-state index is 0.297. The lowest BCUT2D eigenvalue weighted by Crippen LogP contribution is -2.23. The van der Waals surface area contributed by atoms with E-state index in [0.717, 1.165) is 76.8 Å². The number of carbonyl (C=O) groups excluding carboxylic acids is 1. The highest BCUT2D eigenvalue weighted by atomic mass is 16.5. The Morgan fingerprint density at radius 3 is 1.98 bits per heavy atom. The first kappa shape index (κ1) is 49.1. The minimum atomic E-state index is 0.297. The molecule has 1 unspecified atom stereocenters. The van der Waals surface area contributed by atoms with Gasteiger partial charge in [0.15, 0.2) is 0 Å². The third kappa shape index (κ3) is 33.4. The summed E-state index contributed by atoms with van der Waals surface area (Å²) in [4.78, 5) is 12.0. The van der Waals surface area contributed by atoms with E-state index in [0.29, 0.717) is 17.9 Å². The van der Waals surface area contributed by atoms with E-state index in [2.05, 4.69) is 118 Å². The fraction of sp³-hybridized carbons (Fsp3) is 0.698. The fourth-order valence-corrected chi connectivity index (χ4v) is 4.84. The number of aliphatic hydroxyl groups is 1. The second kappa shape index (κ2) is 35.0. The molecule has 1 aromatic rings. The van der Waals surface area contributed by atoms with Crippen molar-refractivity contribution in [2.24, 2.45) is 11.3 Å². The lowest BCUT2D eigenvalue weighted by Gasteiger charge is -2.22. The van der Waals surface area contributed by atoms with Gasteiger partial charge in [-0.25, -0.2) is 0 Å². The molecule has 47 heavy (non-hydrogen) atoms. The van der Waals surface area contributed by atoms with Crippen LogP contribution in [0.3, 0.4) is 0 Å². The second-order valence-corrected chi connectivity index (χ2v) is 13.4. The van der Waals surface area contributed by atoms with Gasteiger partial charge < -0.3 is 14.7 Å². The second-order valence-electron chi connectivity index (χ2n) is 13.4. The van der Waals surface area contributed by atoms with Gasteiger partial charge in [-0.1, -0.05) is 144 Å². The van der Waals surface area contributed by atoms with Crippen molar-refractivity contribution in [1.29, 1.82) is 0 Å². The average molecular weight is 658 g/mol. The Morgan fingerprint density at radius 2 is 1.57 bits per heavy atom. The van der Waals surface area contributed by atoms with Crippen molar-refractivity contribution < 1.29 is 14.6 Å². The standard InChI is InChI=1S/C13H26O.C12H18O.C9H14.C7H15NO.C2H6/c1-6-7-12(8-11(2)10-14)9-13(3,4)5;1-3-5-10-13-12-8-6-11(4-2)7-9-12;1-2-6-9-7-4-3-5-8-9;1-3-5-8(7-9)6-4-2;1-2/h7,11,14H,6,8-10H2,1-5H3;6-9H,3-5,10H2,1-2H3;3-4,7H,2,5-6,8H2,1H3;7H,3-6H2,1-2H3;1-2H3/b12-7-;;;;. The molecular weight excluding hydrogens is 578 g/mol. The number of aliphatic hydroxyl groups excluding tert-OH is 1. The number of ether oxygens (including phenoxy) is 1. The van der Waals surface area contributed by atoms with Crippen LogP contribution in [0.1, 0.15) is 159 Å². The molecule has 0 saturated heterocycles. The van der Waals surface area contributed by atoms with E-state index in [4.69, 9.17) is 9.84 Å². The number of aryl methyl sites for hydroxylation is 1. The summed E-state index contributed by atoms with van der Waals surface area (Å²) in [5.41, 5.74) is 4.85. The van der Waals surface area contributed by atoms with Crippen LogP contribution in [0.5, 0.6) is 5.75 Å². The van der Waals surface area contributed by atoms with Gasteiger partial charge in [-0.2, -0.15) is 0 Å². The third-order valence-corrected chi connectivity index (χ3v) is 7.11.